The van der Waals surface area contributed by atoms with Gasteiger partial charge in [0, 0.05) is 25.1 Å². The summed E-state index contributed by atoms with van der Waals surface area (Å²) in [7, 11) is 0. The quantitative estimate of drug-likeness (QED) is 0.847. The molecule has 1 aliphatic rings. The average molecular weight is 278 g/mol. The zero-order valence-electron chi connectivity index (χ0n) is 10.8. The molecule has 6 heteroatoms. The molecule has 19 heavy (non-hydrogen) atoms. The highest BCUT2D eigenvalue weighted by Gasteiger charge is 2.17. The van der Waals surface area contributed by atoms with Gasteiger partial charge in [0.1, 0.15) is 0 Å². The minimum atomic E-state index is -0.103. The van der Waals surface area contributed by atoms with Crippen LogP contribution in [0.3, 0.4) is 0 Å². The van der Waals surface area contributed by atoms with Gasteiger partial charge in [-0.05, 0) is 6.92 Å². The van der Waals surface area contributed by atoms with Gasteiger partial charge in [0.15, 0.2) is 16.3 Å². The van der Waals surface area contributed by atoms with Crippen LogP contribution in [0.5, 0.6) is 11.5 Å². The highest BCUT2D eigenvalue weighted by molar-refractivity contribution is 7.16. The molecule has 3 rings (SSSR count). The number of aromatic nitrogens is 1. The van der Waals surface area contributed by atoms with Crippen molar-refractivity contribution in [2.45, 2.75) is 26.8 Å². The first-order chi connectivity index (χ1) is 9.22. The van der Waals surface area contributed by atoms with E-state index in [1.807, 2.05) is 30.5 Å². The predicted octanol–water partition coefficient (Wildman–Crippen LogP) is 2.29. The van der Waals surface area contributed by atoms with E-state index in [1.165, 1.54) is 11.3 Å². The second-order valence-corrected chi connectivity index (χ2v) is 5.17. The van der Waals surface area contributed by atoms with Gasteiger partial charge in [-0.3, -0.25) is 4.79 Å². The molecule has 0 radical (unpaired) electrons. The van der Waals surface area contributed by atoms with Crippen LogP contribution in [0.1, 0.15) is 20.3 Å². The maximum absolute atomic E-state index is 11.5. The fraction of sp³-hybridized carbons (Fsp3) is 0.385. The Balaban J connectivity index is 2.25. The van der Waals surface area contributed by atoms with Crippen LogP contribution in [0.2, 0.25) is 0 Å². The Kier molecular flexibility index (Phi) is 3.02. The van der Waals surface area contributed by atoms with Gasteiger partial charge in [0.25, 0.3) is 0 Å². The number of rotatable bonds is 2. The Morgan fingerprint density at radius 3 is 2.79 bits per heavy atom. The van der Waals surface area contributed by atoms with Gasteiger partial charge >= 0.3 is 0 Å². The molecule has 0 aliphatic carbocycles. The Bertz CT molecular complexity index is 714. The van der Waals surface area contributed by atoms with Crippen molar-refractivity contribution in [3.8, 4) is 11.5 Å². The van der Waals surface area contributed by atoms with E-state index in [2.05, 4.69) is 4.99 Å². The SMILES string of the molecule is CCC(=O)N=c1sc2cc3c(cc2n1CC)OCO3. The number of benzene rings is 1. The lowest BCUT2D eigenvalue weighted by atomic mass is 10.3. The van der Waals surface area contributed by atoms with Gasteiger partial charge in [-0.1, -0.05) is 18.3 Å². The van der Waals surface area contributed by atoms with Crippen LogP contribution in [0, 0.1) is 0 Å². The lowest BCUT2D eigenvalue weighted by molar-refractivity contribution is -0.117. The van der Waals surface area contributed by atoms with Gasteiger partial charge in [-0.15, -0.1) is 0 Å². The molecule has 100 valence electrons. The fourth-order valence-electron chi connectivity index (χ4n) is 2.04. The smallest absolute Gasteiger partial charge is 0.248 e. The topological polar surface area (TPSA) is 52.8 Å². The minimum absolute atomic E-state index is 0.103. The molecule has 0 atom stereocenters. The third kappa shape index (κ3) is 2.02. The number of hydrogen-bond donors (Lipinski definition) is 0. The largest absolute Gasteiger partial charge is 0.454 e. The Morgan fingerprint density at radius 1 is 1.37 bits per heavy atom. The van der Waals surface area contributed by atoms with Gasteiger partial charge < -0.3 is 14.0 Å². The van der Waals surface area contributed by atoms with Gasteiger partial charge in [0.05, 0.1) is 10.2 Å². The van der Waals surface area contributed by atoms with Crippen molar-refractivity contribution in [3.63, 3.8) is 0 Å². The number of carbonyl (C=O) groups is 1. The lowest BCUT2D eigenvalue weighted by Gasteiger charge is -2.01. The first-order valence-electron chi connectivity index (χ1n) is 6.23. The number of fused-ring (bicyclic) bond motifs is 2. The van der Waals surface area contributed by atoms with Gasteiger partial charge in [-0.25, -0.2) is 0 Å². The number of amides is 1. The molecule has 1 aromatic carbocycles. The van der Waals surface area contributed by atoms with E-state index in [0.29, 0.717) is 6.42 Å². The van der Waals surface area contributed by atoms with Gasteiger partial charge in [-0.2, -0.15) is 4.99 Å². The molecule has 0 bridgehead atoms. The van der Waals surface area contributed by atoms with Gasteiger partial charge in [0.2, 0.25) is 12.7 Å². The van der Waals surface area contributed by atoms with Crippen molar-refractivity contribution in [2.75, 3.05) is 6.79 Å². The molecule has 0 saturated carbocycles. The Hall–Kier alpha value is -1.82. The standard InChI is InChI=1S/C13H14N2O3S/c1-3-12(16)14-13-15(4-2)8-5-9-10(18-7-17-9)6-11(8)19-13/h5-6H,3-4,7H2,1-2H3. The molecule has 0 unspecified atom stereocenters. The summed E-state index contributed by atoms with van der Waals surface area (Å²) in [6.07, 6.45) is 0.417. The number of nitrogens with zero attached hydrogens (tertiary/aromatic N) is 2. The number of ether oxygens (including phenoxy) is 2. The molecule has 1 aromatic heterocycles. The number of aryl methyl sites for hydroxylation is 1. The molecule has 2 aromatic rings. The molecule has 1 amide bonds. The van der Waals surface area contributed by atoms with E-state index in [1.54, 1.807) is 0 Å². The summed E-state index contributed by atoms with van der Waals surface area (Å²) < 4.78 is 13.8. The summed E-state index contributed by atoms with van der Waals surface area (Å²) in [5.74, 6) is 1.40. The summed E-state index contributed by atoms with van der Waals surface area (Å²) >= 11 is 1.50. The zero-order valence-corrected chi connectivity index (χ0v) is 11.6. The van der Waals surface area contributed by atoms with Crippen LogP contribution in [-0.4, -0.2) is 17.3 Å². The molecular weight excluding hydrogens is 264 g/mol. The van der Waals surface area contributed by atoms with Crippen molar-refractivity contribution < 1.29 is 14.3 Å². The highest BCUT2D eigenvalue weighted by atomic mass is 32.1. The van der Waals surface area contributed by atoms with Crippen LogP contribution in [0.15, 0.2) is 17.1 Å². The highest BCUT2D eigenvalue weighted by Crippen LogP contribution is 2.36. The zero-order chi connectivity index (χ0) is 13.4. The molecule has 0 spiro atoms. The van der Waals surface area contributed by atoms with Crippen LogP contribution < -0.4 is 14.3 Å². The number of carbonyl (C=O) groups excluding carboxylic acids is 1. The summed E-state index contributed by atoms with van der Waals surface area (Å²) in [6.45, 7) is 4.87. The molecule has 5 nitrogen and oxygen atoms in total. The van der Waals surface area contributed by atoms with Crippen LogP contribution in [-0.2, 0) is 11.3 Å². The summed E-state index contributed by atoms with van der Waals surface area (Å²) in [6, 6.07) is 3.90. The van der Waals surface area contributed by atoms with E-state index in [4.69, 9.17) is 9.47 Å². The minimum Gasteiger partial charge on any atom is -0.454 e. The van der Waals surface area contributed by atoms with Crippen molar-refractivity contribution >= 4 is 27.5 Å². The van der Waals surface area contributed by atoms with E-state index in [0.717, 1.165) is 33.1 Å². The van der Waals surface area contributed by atoms with Crippen molar-refractivity contribution in [1.82, 2.24) is 4.57 Å². The predicted molar refractivity (Wildman–Crippen MR) is 72.5 cm³/mol. The van der Waals surface area contributed by atoms with Crippen molar-refractivity contribution in [1.29, 1.82) is 0 Å². The second kappa shape index (κ2) is 4.70. The first kappa shape index (κ1) is 12.2. The summed E-state index contributed by atoms with van der Waals surface area (Å²) in [4.78, 5) is 16.4. The Labute approximate surface area is 114 Å². The average Bonchev–Trinajstić information content (AvgIpc) is 2.98. The maximum Gasteiger partial charge on any atom is 0.248 e. The fourth-order valence-corrected chi connectivity index (χ4v) is 3.16. The third-order valence-electron chi connectivity index (χ3n) is 3.02. The van der Waals surface area contributed by atoms with E-state index in [9.17, 15) is 4.79 Å². The number of hydrogen-bond acceptors (Lipinski definition) is 4. The van der Waals surface area contributed by atoms with Crippen LogP contribution in [0.25, 0.3) is 10.2 Å². The first-order valence-corrected chi connectivity index (χ1v) is 7.05. The second-order valence-electron chi connectivity index (χ2n) is 4.16. The monoisotopic (exact) mass is 278 g/mol. The molecule has 0 fully saturated rings. The summed E-state index contributed by atoms with van der Waals surface area (Å²) in [5.41, 5.74) is 1.03. The van der Waals surface area contributed by atoms with E-state index >= 15 is 0 Å². The number of thiazole rings is 1. The third-order valence-corrected chi connectivity index (χ3v) is 4.06. The van der Waals surface area contributed by atoms with Crippen LogP contribution >= 0.6 is 11.3 Å². The van der Waals surface area contributed by atoms with E-state index < -0.39 is 0 Å². The molecule has 0 saturated heterocycles. The Morgan fingerprint density at radius 2 is 2.11 bits per heavy atom. The summed E-state index contributed by atoms with van der Waals surface area (Å²) in [5, 5.41) is 0. The van der Waals surface area contributed by atoms with Crippen LogP contribution in [0.4, 0.5) is 0 Å². The lowest BCUT2D eigenvalue weighted by Crippen LogP contribution is -2.15. The van der Waals surface area contributed by atoms with Crippen molar-refractivity contribution in [2.24, 2.45) is 4.99 Å². The molecule has 1 aliphatic heterocycles. The normalized spacial score (nSPS) is 14.3. The molecule has 0 N–H and O–H groups in total. The van der Waals surface area contributed by atoms with E-state index in [-0.39, 0.29) is 12.7 Å². The van der Waals surface area contributed by atoms with Crippen molar-refractivity contribution in [3.05, 3.63) is 16.9 Å². The molecule has 2 heterocycles. The maximum atomic E-state index is 11.5. The molecular formula is C13H14N2O3S.